The zero-order valence-corrected chi connectivity index (χ0v) is 17.9. The van der Waals surface area contributed by atoms with E-state index in [1.807, 2.05) is 12.1 Å². The van der Waals surface area contributed by atoms with Crippen molar-refractivity contribution >= 4 is 17.5 Å². The fraction of sp³-hybridized carbons (Fsp3) is 0.435. The first-order valence-electron chi connectivity index (χ1n) is 10.1. The van der Waals surface area contributed by atoms with Crippen LogP contribution in [0.25, 0.3) is 0 Å². The Morgan fingerprint density at radius 1 is 1.03 bits per heavy atom. The minimum atomic E-state index is -0.136. The van der Waals surface area contributed by atoms with Crippen molar-refractivity contribution in [2.75, 3.05) is 33.9 Å². The molecule has 5 nitrogen and oxygen atoms in total. The third-order valence-corrected chi connectivity index (χ3v) is 5.75. The van der Waals surface area contributed by atoms with E-state index in [0.717, 1.165) is 18.8 Å². The summed E-state index contributed by atoms with van der Waals surface area (Å²) in [7, 11) is 3.23. The van der Waals surface area contributed by atoms with Crippen LogP contribution in [0.3, 0.4) is 0 Å². The molecule has 2 aromatic rings. The van der Waals surface area contributed by atoms with Crippen molar-refractivity contribution in [3.05, 3.63) is 58.6 Å². The lowest BCUT2D eigenvalue weighted by molar-refractivity contribution is 0.0933. The predicted molar refractivity (Wildman–Crippen MR) is 116 cm³/mol. The van der Waals surface area contributed by atoms with E-state index in [1.54, 1.807) is 32.4 Å². The third kappa shape index (κ3) is 5.64. The molecule has 0 aliphatic carbocycles. The molecule has 0 radical (unpaired) electrons. The van der Waals surface area contributed by atoms with Gasteiger partial charge >= 0.3 is 0 Å². The number of ether oxygens (including phenoxy) is 2. The Bertz CT molecular complexity index is 802. The average Bonchev–Trinajstić information content (AvgIpc) is 3.03. The molecule has 6 heteroatoms. The third-order valence-electron chi connectivity index (χ3n) is 5.45. The van der Waals surface area contributed by atoms with Crippen LogP contribution < -0.4 is 14.8 Å². The van der Waals surface area contributed by atoms with Gasteiger partial charge in [-0.15, -0.1) is 0 Å². The number of benzene rings is 2. The van der Waals surface area contributed by atoms with Crippen molar-refractivity contribution in [1.29, 1.82) is 0 Å². The number of nitrogens with zero attached hydrogens (tertiary/aromatic N) is 1. The molecular weight excluding hydrogens is 388 g/mol. The highest BCUT2D eigenvalue weighted by Crippen LogP contribution is 2.27. The summed E-state index contributed by atoms with van der Waals surface area (Å²) in [5.74, 6) is 1.26. The van der Waals surface area contributed by atoms with Gasteiger partial charge in [-0.05, 0) is 61.8 Å². The zero-order chi connectivity index (χ0) is 20.6. The first-order valence-corrected chi connectivity index (χ1v) is 10.5. The van der Waals surface area contributed by atoms with E-state index < -0.39 is 0 Å². The Hall–Kier alpha value is -2.24. The summed E-state index contributed by atoms with van der Waals surface area (Å²) in [6.45, 7) is 2.62. The van der Waals surface area contributed by atoms with Gasteiger partial charge < -0.3 is 14.8 Å². The highest BCUT2D eigenvalue weighted by atomic mass is 35.5. The van der Waals surface area contributed by atoms with Gasteiger partial charge in [0.15, 0.2) is 0 Å². The maximum Gasteiger partial charge on any atom is 0.251 e. The van der Waals surface area contributed by atoms with Gasteiger partial charge in [-0.2, -0.15) is 0 Å². The fourth-order valence-corrected chi connectivity index (χ4v) is 4.05. The molecule has 1 fully saturated rings. The predicted octanol–water partition coefficient (Wildman–Crippen LogP) is 4.70. The van der Waals surface area contributed by atoms with Gasteiger partial charge in [-0.25, -0.2) is 0 Å². The van der Waals surface area contributed by atoms with Gasteiger partial charge in [0, 0.05) is 12.1 Å². The van der Waals surface area contributed by atoms with Crippen LogP contribution in [0, 0.1) is 0 Å². The summed E-state index contributed by atoms with van der Waals surface area (Å²) in [6, 6.07) is 13.3. The lowest BCUT2D eigenvalue weighted by Gasteiger charge is -2.31. The van der Waals surface area contributed by atoms with Gasteiger partial charge in [0.25, 0.3) is 5.91 Å². The van der Waals surface area contributed by atoms with Crippen LogP contribution in [-0.4, -0.2) is 44.7 Å². The first kappa shape index (κ1) is 21.5. The molecule has 1 aliphatic rings. The van der Waals surface area contributed by atoms with E-state index in [0.29, 0.717) is 22.9 Å². The summed E-state index contributed by atoms with van der Waals surface area (Å²) in [5.41, 5.74) is 1.71. The second kappa shape index (κ2) is 10.5. The molecule has 1 atom stereocenters. The number of carbonyl (C=O) groups excluding carboxylic acids is 1. The summed E-state index contributed by atoms with van der Waals surface area (Å²) < 4.78 is 10.5. The van der Waals surface area contributed by atoms with Crippen molar-refractivity contribution in [3.8, 4) is 11.5 Å². The Labute approximate surface area is 177 Å². The normalized spacial score (nSPS) is 16.0. The first-order chi connectivity index (χ1) is 14.1. The maximum absolute atomic E-state index is 12.7. The molecule has 1 amide bonds. The highest BCUT2D eigenvalue weighted by molar-refractivity contribution is 6.32. The summed E-state index contributed by atoms with van der Waals surface area (Å²) >= 11 is 6.18. The van der Waals surface area contributed by atoms with Crippen LogP contribution in [0.2, 0.25) is 5.02 Å². The largest absolute Gasteiger partial charge is 0.497 e. The number of carbonyl (C=O) groups is 1. The van der Waals surface area contributed by atoms with Crippen LogP contribution >= 0.6 is 11.6 Å². The molecule has 2 aromatic carbocycles. The summed E-state index contributed by atoms with van der Waals surface area (Å²) in [5, 5.41) is 3.53. The molecule has 0 spiro atoms. The average molecular weight is 417 g/mol. The molecule has 156 valence electrons. The number of hydrogen-bond donors (Lipinski definition) is 1. The second-order valence-corrected chi connectivity index (χ2v) is 7.71. The van der Waals surface area contributed by atoms with E-state index >= 15 is 0 Å². The zero-order valence-electron chi connectivity index (χ0n) is 17.1. The monoisotopic (exact) mass is 416 g/mol. The molecule has 1 heterocycles. The summed E-state index contributed by atoms with van der Waals surface area (Å²) in [6.07, 6.45) is 4.91. The minimum absolute atomic E-state index is 0.122. The van der Waals surface area contributed by atoms with Crippen LogP contribution in [0.5, 0.6) is 11.5 Å². The lowest BCUT2D eigenvalue weighted by atomic mass is 10.0. The van der Waals surface area contributed by atoms with Crippen molar-refractivity contribution in [2.24, 2.45) is 0 Å². The van der Waals surface area contributed by atoms with E-state index in [-0.39, 0.29) is 11.9 Å². The molecule has 0 bridgehead atoms. The number of hydrogen-bond acceptors (Lipinski definition) is 4. The van der Waals surface area contributed by atoms with Crippen LogP contribution in [-0.2, 0) is 0 Å². The Morgan fingerprint density at radius 2 is 1.72 bits per heavy atom. The van der Waals surface area contributed by atoms with Gasteiger partial charge in [0.2, 0.25) is 0 Å². The van der Waals surface area contributed by atoms with Crippen LogP contribution in [0.1, 0.15) is 47.6 Å². The molecule has 1 aliphatic heterocycles. The Balaban J connectivity index is 1.74. The van der Waals surface area contributed by atoms with E-state index in [2.05, 4.69) is 22.3 Å². The molecule has 0 unspecified atom stereocenters. The van der Waals surface area contributed by atoms with E-state index in [9.17, 15) is 4.79 Å². The van der Waals surface area contributed by atoms with Gasteiger partial charge in [-0.1, -0.05) is 36.6 Å². The molecule has 0 aromatic heterocycles. The molecule has 1 saturated heterocycles. The Morgan fingerprint density at radius 3 is 2.31 bits per heavy atom. The number of likely N-dealkylation sites (tertiary alicyclic amines) is 1. The molecular formula is C23H29ClN2O3. The van der Waals surface area contributed by atoms with Crippen LogP contribution in [0.4, 0.5) is 0 Å². The molecule has 29 heavy (non-hydrogen) atoms. The molecule has 3 rings (SSSR count). The second-order valence-electron chi connectivity index (χ2n) is 7.30. The minimum Gasteiger partial charge on any atom is -0.497 e. The standard InChI is InChI=1S/C23H29ClN2O3/c1-28-19-10-7-17(8-11-19)21(26-13-5-3-4-6-14-26)16-25-23(27)18-9-12-22(29-2)20(24)15-18/h7-12,15,21H,3-6,13-14,16H2,1-2H3,(H,25,27)/t21-/m0/s1. The topological polar surface area (TPSA) is 50.8 Å². The maximum atomic E-state index is 12.7. The van der Waals surface area contributed by atoms with E-state index in [1.165, 1.54) is 31.2 Å². The van der Waals surface area contributed by atoms with Gasteiger partial charge in [0.05, 0.1) is 25.3 Å². The van der Waals surface area contributed by atoms with Crippen molar-refractivity contribution in [1.82, 2.24) is 10.2 Å². The number of amides is 1. The van der Waals surface area contributed by atoms with Gasteiger partial charge in [0.1, 0.15) is 11.5 Å². The fourth-order valence-electron chi connectivity index (χ4n) is 3.79. The number of methoxy groups -OCH3 is 2. The Kier molecular flexibility index (Phi) is 7.78. The number of rotatable bonds is 7. The summed E-state index contributed by atoms with van der Waals surface area (Å²) in [4.78, 5) is 15.2. The quantitative estimate of drug-likeness (QED) is 0.710. The smallest absolute Gasteiger partial charge is 0.251 e. The van der Waals surface area contributed by atoms with Gasteiger partial charge in [-0.3, -0.25) is 9.69 Å². The molecule has 0 saturated carbocycles. The van der Waals surface area contributed by atoms with Crippen molar-refractivity contribution in [2.45, 2.75) is 31.7 Å². The van der Waals surface area contributed by atoms with Crippen molar-refractivity contribution in [3.63, 3.8) is 0 Å². The molecule has 1 N–H and O–H groups in total. The highest BCUT2D eigenvalue weighted by Gasteiger charge is 2.22. The van der Waals surface area contributed by atoms with Crippen LogP contribution in [0.15, 0.2) is 42.5 Å². The number of halogens is 1. The lowest BCUT2D eigenvalue weighted by Crippen LogP contribution is -2.38. The SMILES string of the molecule is COc1ccc([C@H](CNC(=O)c2ccc(OC)c(Cl)c2)N2CCCCCC2)cc1. The van der Waals surface area contributed by atoms with E-state index in [4.69, 9.17) is 21.1 Å². The number of nitrogens with one attached hydrogen (secondary N) is 1. The van der Waals surface area contributed by atoms with Crippen molar-refractivity contribution < 1.29 is 14.3 Å².